The van der Waals surface area contributed by atoms with E-state index in [-0.39, 0.29) is 29.0 Å². The van der Waals surface area contributed by atoms with E-state index in [0.717, 1.165) is 26.6 Å². The number of hydrogen-bond donors (Lipinski definition) is 1. The van der Waals surface area contributed by atoms with Gasteiger partial charge in [-0.15, -0.1) is 0 Å². The fourth-order valence-electron chi connectivity index (χ4n) is 4.42. The summed E-state index contributed by atoms with van der Waals surface area (Å²) in [5.74, 6) is -0.528. The number of benzene rings is 3. The fraction of sp³-hybridized carbons (Fsp3) is 0.375. The molecule has 3 aromatic rings. The first-order valence-corrected chi connectivity index (χ1v) is 15.6. The van der Waals surface area contributed by atoms with Crippen molar-refractivity contribution in [1.82, 2.24) is 10.2 Å². The Morgan fingerprint density at radius 3 is 2.17 bits per heavy atom. The fourth-order valence-corrected chi connectivity index (χ4v) is 6.00. The predicted molar refractivity (Wildman–Crippen MR) is 166 cm³/mol. The summed E-state index contributed by atoms with van der Waals surface area (Å²) in [6.45, 7) is 11.6. The number of rotatable bonds is 12. The Bertz CT molecular complexity index is 1470. The molecule has 0 radical (unpaired) electrons. The number of carbonyl (C=O) groups is 2. The van der Waals surface area contributed by atoms with Gasteiger partial charge in [0.15, 0.2) is 0 Å². The van der Waals surface area contributed by atoms with Crippen molar-refractivity contribution in [1.29, 1.82) is 0 Å². The predicted octanol–water partition coefficient (Wildman–Crippen LogP) is 6.04. The second-order valence-corrected chi connectivity index (χ2v) is 13.0. The van der Waals surface area contributed by atoms with Gasteiger partial charge in [-0.3, -0.25) is 13.9 Å². The number of sulfonamides is 1. The number of halogens is 1. The maximum atomic E-state index is 14.2. The molecule has 0 aromatic heterocycles. The third-order valence-corrected chi connectivity index (χ3v) is 9.20. The maximum Gasteiger partial charge on any atom is 0.264 e. The van der Waals surface area contributed by atoms with Gasteiger partial charge in [0, 0.05) is 18.1 Å². The van der Waals surface area contributed by atoms with E-state index in [1.165, 1.54) is 17.0 Å². The van der Waals surface area contributed by atoms with Crippen LogP contribution in [0.15, 0.2) is 71.6 Å². The van der Waals surface area contributed by atoms with Gasteiger partial charge in [0.05, 0.1) is 10.6 Å². The van der Waals surface area contributed by atoms with Gasteiger partial charge in [-0.1, -0.05) is 80.4 Å². The molecule has 2 amide bonds. The van der Waals surface area contributed by atoms with E-state index >= 15 is 0 Å². The molecular formula is C32H40ClN3O4S. The summed E-state index contributed by atoms with van der Waals surface area (Å²) < 4.78 is 29.1. The molecule has 0 unspecified atom stereocenters. The molecule has 220 valence electrons. The Morgan fingerprint density at radius 1 is 0.927 bits per heavy atom. The largest absolute Gasteiger partial charge is 0.354 e. The van der Waals surface area contributed by atoms with Crippen LogP contribution in [0.3, 0.4) is 0 Å². The van der Waals surface area contributed by atoms with Gasteiger partial charge >= 0.3 is 0 Å². The Labute approximate surface area is 249 Å². The van der Waals surface area contributed by atoms with Crippen molar-refractivity contribution in [2.45, 2.75) is 65.4 Å². The topological polar surface area (TPSA) is 86.8 Å². The molecule has 41 heavy (non-hydrogen) atoms. The van der Waals surface area contributed by atoms with Gasteiger partial charge in [0.25, 0.3) is 10.0 Å². The highest BCUT2D eigenvalue weighted by Gasteiger charge is 2.34. The molecule has 9 heteroatoms. The highest BCUT2D eigenvalue weighted by molar-refractivity contribution is 7.92. The maximum absolute atomic E-state index is 14.2. The second-order valence-electron chi connectivity index (χ2n) is 10.8. The molecule has 7 nitrogen and oxygen atoms in total. The normalized spacial score (nSPS) is 12.2. The molecule has 0 aliphatic heterocycles. The van der Waals surface area contributed by atoms with E-state index in [9.17, 15) is 18.0 Å². The summed E-state index contributed by atoms with van der Waals surface area (Å²) >= 11 is 6.40. The third-order valence-electron chi connectivity index (χ3n) is 7.00. The van der Waals surface area contributed by atoms with Gasteiger partial charge < -0.3 is 10.2 Å². The van der Waals surface area contributed by atoms with Crippen LogP contribution in [0.25, 0.3) is 0 Å². The van der Waals surface area contributed by atoms with E-state index in [1.807, 2.05) is 65.8 Å². The van der Waals surface area contributed by atoms with Gasteiger partial charge in [0.2, 0.25) is 11.8 Å². The average molecular weight is 598 g/mol. The monoisotopic (exact) mass is 597 g/mol. The zero-order chi connectivity index (χ0) is 30.3. The van der Waals surface area contributed by atoms with E-state index in [0.29, 0.717) is 18.0 Å². The van der Waals surface area contributed by atoms with Gasteiger partial charge in [-0.05, 0) is 74.1 Å². The highest BCUT2D eigenvalue weighted by Crippen LogP contribution is 2.29. The number of carbonyl (C=O) groups excluding carboxylic acids is 2. The lowest BCUT2D eigenvalue weighted by Crippen LogP contribution is -2.52. The van der Waals surface area contributed by atoms with Crippen LogP contribution in [-0.2, 0) is 26.2 Å². The number of amides is 2. The summed E-state index contributed by atoms with van der Waals surface area (Å²) in [7, 11) is -4.16. The number of aryl methyl sites for hydroxylation is 3. The SMILES string of the molecule is CC[C@H](C(=O)NCC(C)C)N(Cc1ccccc1C)C(=O)CN(c1ccc(C)c(Cl)c1)S(=O)(=O)c1ccc(C)cc1. The van der Waals surface area contributed by atoms with Crippen molar-refractivity contribution in [2.24, 2.45) is 5.92 Å². The summed E-state index contributed by atoms with van der Waals surface area (Å²) in [5, 5.41) is 3.33. The van der Waals surface area contributed by atoms with Crippen LogP contribution in [0, 0.1) is 26.7 Å². The molecule has 1 N–H and O–H groups in total. The van der Waals surface area contributed by atoms with Crippen LogP contribution >= 0.6 is 11.6 Å². The van der Waals surface area contributed by atoms with E-state index in [2.05, 4.69) is 5.32 Å². The van der Waals surface area contributed by atoms with E-state index < -0.39 is 28.5 Å². The standard InChI is InChI=1S/C32H40ClN3O4S/c1-7-30(32(38)34-19-22(2)3)35(20-26-11-9-8-10-24(26)5)31(37)21-36(27-15-14-25(6)29(33)18-27)41(39,40)28-16-12-23(4)13-17-28/h8-18,22,30H,7,19-21H2,1-6H3,(H,34,38)/t30-/m1/s1. The summed E-state index contributed by atoms with van der Waals surface area (Å²) in [6, 6.07) is 18.3. The Hall–Kier alpha value is -3.36. The summed E-state index contributed by atoms with van der Waals surface area (Å²) in [5.41, 5.74) is 3.80. The Morgan fingerprint density at radius 2 is 1.59 bits per heavy atom. The molecule has 0 saturated carbocycles. The highest BCUT2D eigenvalue weighted by atomic mass is 35.5. The first kappa shape index (κ1) is 32.2. The van der Waals surface area contributed by atoms with Crippen LogP contribution in [-0.4, -0.2) is 44.3 Å². The average Bonchev–Trinajstić information content (AvgIpc) is 2.93. The van der Waals surface area contributed by atoms with E-state index in [1.54, 1.807) is 30.3 Å². The van der Waals surface area contributed by atoms with E-state index in [4.69, 9.17) is 11.6 Å². The van der Waals surface area contributed by atoms with Gasteiger partial charge in [-0.2, -0.15) is 0 Å². The van der Waals surface area contributed by atoms with Crippen molar-refractivity contribution in [3.8, 4) is 0 Å². The van der Waals surface area contributed by atoms with Crippen LogP contribution in [0.5, 0.6) is 0 Å². The molecule has 3 rings (SSSR count). The molecule has 0 aliphatic carbocycles. The number of nitrogens with zero attached hydrogens (tertiary/aromatic N) is 2. The molecule has 0 saturated heterocycles. The molecule has 0 heterocycles. The summed E-state index contributed by atoms with van der Waals surface area (Å²) in [6.07, 6.45) is 0.364. The zero-order valence-electron chi connectivity index (χ0n) is 24.6. The van der Waals surface area contributed by atoms with Crippen molar-refractivity contribution in [3.63, 3.8) is 0 Å². The van der Waals surface area contributed by atoms with Crippen LogP contribution in [0.1, 0.15) is 49.4 Å². The minimum atomic E-state index is -4.16. The molecule has 1 atom stereocenters. The molecule has 3 aromatic carbocycles. The molecule has 0 aliphatic rings. The second kappa shape index (κ2) is 14.0. The molecular weight excluding hydrogens is 558 g/mol. The first-order chi connectivity index (χ1) is 19.3. The number of anilines is 1. The zero-order valence-corrected chi connectivity index (χ0v) is 26.2. The first-order valence-electron chi connectivity index (χ1n) is 13.8. The van der Waals surface area contributed by atoms with Crippen molar-refractivity contribution >= 4 is 39.1 Å². The molecule has 0 spiro atoms. The minimum absolute atomic E-state index is 0.0553. The lowest BCUT2D eigenvalue weighted by atomic mass is 10.1. The van der Waals surface area contributed by atoms with Crippen LogP contribution in [0.4, 0.5) is 5.69 Å². The van der Waals surface area contributed by atoms with Gasteiger partial charge in [0.1, 0.15) is 12.6 Å². The smallest absolute Gasteiger partial charge is 0.264 e. The van der Waals surface area contributed by atoms with Crippen LogP contribution in [0.2, 0.25) is 5.02 Å². The number of hydrogen-bond acceptors (Lipinski definition) is 4. The Kier molecular flexibility index (Phi) is 11.0. The van der Waals surface area contributed by atoms with Crippen molar-refractivity contribution < 1.29 is 18.0 Å². The molecule has 0 bridgehead atoms. The van der Waals surface area contributed by atoms with Crippen molar-refractivity contribution in [2.75, 3.05) is 17.4 Å². The quantitative estimate of drug-likeness (QED) is 0.276. The third kappa shape index (κ3) is 8.11. The summed E-state index contributed by atoms with van der Waals surface area (Å²) in [4.78, 5) is 29.1. The lowest BCUT2D eigenvalue weighted by molar-refractivity contribution is -0.140. The molecule has 0 fully saturated rings. The number of nitrogens with one attached hydrogen (secondary N) is 1. The van der Waals surface area contributed by atoms with Gasteiger partial charge in [-0.25, -0.2) is 8.42 Å². The minimum Gasteiger partial charge on any atom is -0.354 e. The lowest BCUT2D eigenvalue weighted by Gasteiger charge is -2.33. The van der Waals surface area contributed by atoms with Crippen LogP contribution < -0.4 is 9.62 Å². The van der Waals surface area contributed by atoms with Crippen molar-refractivity contribution in [3.05, 3.63) is 94.0 Å². The Balaban J connectivity index is 2.08.